The Labute approximate surface area is 174 Å². The lowest BCUT2D eigenvalue weighted by Crippen LogP contribution is -2.09. The maximum Gasteiger partial charge on any atom is 0.250 e. The van der Waals surface area contributed by atoms with Gasteiger partial charge in [0.2, 0.25) is 5.78 Å². The van der Waals surface area contributed by atoms with E-state index in [1.165, 1.54) is 17.7 Å². The molecule has 0 saturated heterocycles. The van der Waals surface area contributed by atoms with Gasteiger partial charge in [0, 0.05) is 18.7 Å². The summed E-state index contributed by atoms with van der Waals surface area (Å²) in [5.41, 5.74) is 8.87. The number of aryl methyl sites for hydroxylation is 1. The van der Waals surface area contributed by atoms with Crippen LogP contribution in [0.1, 0.15) is 22.1 Å². The second-order valence-electron chi connectivity index (χ2n) is 6.64. The largest absolute Gasteiger partial charge is 0.382 e. The fourth-order valence-corrected chi connectivity index (χ4v) is 4.20. The Hall–Kier alpha value is -3.92. The van der Waals surface area contributed by atoms with E-state index in [1.54, 1.807) is 24.6 Å². The van der Waals surface area contributed by atoms with Crippen molar-refractivity contribution in [3.63, 3.8) is 0 Å². The van der Waals surface area contributed by atoms with Gasteiger partial charge in [0.05, 0.1) is 5.69 Å². The highest BCUT2D eigenvalue weighted by atomic mass is 32.1. The molecule has 4 heterocycles. The normalized spacial score (nSPS) is 11.3. The number of anilines is 1. The van der Waals surface area contributed by atoms with Gasteiger partial charge < -0.3 is 14.8 Å². The molecule has 30 heavy (non-hydrogen) atoms. The minimum absolute atomic E-state index is 0.200. The van der Waals surface area contributed by atoms with Gasteiger partial charge in [0.15, 0.2) is 17.3 Å². The highest BCUT2D eigenvalue weighted by molar-refractivity contribution is 7.21. The van der Waals surface area contributed by atoms with Crippen LogP contribution in [0.3, 0.4) is 0 Å². The quantitative estimate of drug-likeness (QED) is 0.442. The number of imidazole rings is 1. The number of carbonyl (C=O) groups excluding carboxylic acids is 1. The molecule has 0 spiro atoms. The van der Waals surface area contributed by atoms with Gasteiger partial charge in [-0.05, 0) is 6.92 Å². The van der Waals surface area contributed by atoms with E-state index in [9.17, 15) is 4.79 Å². The fraction of sp³-hybridized carbons (Fsp3) is 0.100. The Balaban J connectivity index is 1.75. The van der Waals surface area contributed by atoms with E-state index in [0.717, 1.165) is 5.56 Å². The number of nitrogens with two attached hydrogens (primary N) is 1. The summed E-state index contributed by atoms with van der Waals surface area (Å²) in [5, 5.41) is 4.48. The summed E-state index contributed by atoms with van der Waals surface area (Å²) in [7, 11) is 1.77. The monoisotopic (exact) mass is 417 g/mol. The molecule has 0 radical (unpaired) electrons. The highest BCUT2D eigenvalue weighted by Crippen LogP contribution is 2.37. The lowest BCUT2D eigenvalue weighted by molar-refractivity contribution is 0.101. The number of aromatic nitrogens is 6. The maximum absolute atomic E-state index is 13.1. The van der Waals surface area contributed by atoms with Crippen LogP contribution in [-0.2, 0) is 7.05 Å². The van der Waals surface area contributed by atoms with Crippen molar-refractivity contribution >= 4 is 33.3 Å². The summed E-state index contributed by atoms with van der Waals surface area (Å²) in [6.07, 6.45) is 1.41. The molecule has 0 bridgehead atoms. The molecule has 5 aromatic rings. The summed E-state index contributed by atoms with van der Waals surface area (Å²) in [6, 6.07) is 11.2. The second-order valence-corrected chi connectivity index (χ2v) is 7.62. The van der Waals surface area contributed by atoms with E-state index in [4.69, 9.17) is 10.3 Å². The molecule has 0 unspecified atom stereocenters. The molecular weight excluding hydrogens is 402 g/mol. The van der Waals surface area contributed by atoms with Crippen LogP contribution in [0.15, 0.2) is 47.2 Å². The van der Waals surface area contributed by atoms with Gasteiger partial charge in [0.25, 0.3) is 0 Å². The molecular formula is C20H15N7O2S. The van der Waals surface area contributed by atoms with Crippen LogP contribution in [0.25, 0.3) is 32.3 Å². The van der Waals surface area contributed by atoms with Crippen molar-refractivity contribution < 1.29 is 9.32 Å². The number of nitrogen functional groups attached to an aromatic ring is 1. The zero-order valence-corrected chi connectivity index (χ0v) is 16.8. The van der Waals surface area contributed by atoms with Crippen LogP contribution in [0, 0.1) is 6.92 Å². The van der Waals surface area contributed by atoms with E-state index >= 15 is 0 Å². The molecule has 0 aliphatic carbocycles. The average molecular weight is 417 g/mol. The summed E-state index contributed by atoms with van der Waals surface area (Å²) >= 11 is 1.36. The molecule has 0 aliphatic heterocycles. The molecule has 5 rings (SSSR count). The van der Waals surface area contributed by atoms with E-state index in [-0.39, 0.29) is 17.3 Å². The minimum atomic E-state index is -0.335. The van der Waals surface area contributed by atoms with Gasteiger partial charge in [-0.25, -0.2) is 19.9 Å². The highest BCUT2D eigenvalue weighted by Gasteiger charge is 2.27. The molecule has 4 aromatic heterocycles. The molecule has 0 atom stereocenters. The number of fused-ring (bicyclic) bond motifs is 1. The van der Waals surface area contributed by atoms with Crippen molar-refractivity contribution in [2.24, 2.45) is 7.05 Å². The maximum atomic E-state index is 13.1. The van der Waals surface area contributed by atoms with E-state index in [2.05, 4.69) is 25.1 Å². The minimum Gasteiger partial charge on any atom is -0.382 e. The smallest absolute Gasteiger partial charge is 0.250 e. The fourth-order valence-electron chi connectivity index (χ4n) is 3.20. The van der Waals surface area contributed by atoms with Gasteiger partial charge in [-0.2, -0.15) is 0 Å². The van der Waals surface area contributed by atoms with Crippen molar-refractivity contribution in [1.82, 2.24) is 29.7 Å². The van der Waals surface area contributed by atoms with Gasteiger partial charge in [-0.15, -0.1) is 0 Å². The number of rotatable bonds is 4. The van der Waals surface area contributed by atoms with Crippen LogP contribution < -0.4 is 5.73 Å². The second kappa shape index (κ2) is 6.85. The van der Waals surface area contributed by atoms with Crippen LogP contribution >= 0.6 is 11.3 Å². The van der Waals surface area contributed by atoms with Crippen molar-refractivity contribution in [2.75, 3.05) is 5.73 Å². The summed E-state index contributed by atoms with van der Waals surface area (Å²) in [6.45, 7) is 1.73. The Morgan fingerprint density at radius 3 is 2.67 bits per heavy atom. The Morgan fingerprint density at radius 2 is 1.97 bits per heavy atom. The topological polar surface area (TPSA) is 126 Å². The van der Waals surface area contributed by atoms with E-state index in [1.807, 2.05) is 30.3 Å². The number of thiazole rings is 1. The SMILES string of the molecule is Cc1cc(C(=O)c2nc(-c3ccccc3)c(-c3nc4c(N)ncnc4s3)n2C)no1. The van der Waals surface area contributed by atoms with Gasteiger partial charge in [-0.3, -0.25) is 4.79 Å². The van der Waals surface area contributed by atoms with Crippen molar-refractivity contribution in [3.8, 4) is 22.0 Å². The third kappa shape index (κ3) is 2.85. The molecule has 0 saturated carbocycles. The van der Waals surface area contributed by atoms with Crippen molar-refractivity contribution in [2.45, 2.75) is 6.92 Å². The summed E-state index contributed by atoms with van der Waals surface area (Å²) < 4.78 is 6.78. The number of benzene rings is 1. The lowest BCUT2D eigenvalue weighted by Gasteiger charge is -2.04. The molecule has 9 nitrogen and oxygen atoms in total. The number of ketones is 1. The number of hydrogen-bond acceptors (Lipinski definition) is 9. The van der Waals surface area contributed by atoms with Gasteiger partial charge in [-0.1, -0.05) is 46.8 Å². The summed E-state index contributed by atoms with van der Waals surface area (Å²) in [4.78, 5) is 31.3. The molecule has 148 valence electrons. The van der Waals surface area contributed by atoms with Crippen LogP contribution in [-0.4, -0.2) is 35.4 Å². The van der Waals surface area contributed by atoms with Gasteiger partial charge >= 0.3 is 0 Å². The predicted molar refractivity (Wildman–Crippen MR) is 112 cm³/mol. The molecule has 0 aliphatic rings. The van der Waals surface area contributed by atoms with E-state index in [0.29, 0.717) is 38.3 Å². The molecule has 0 amide bonds. The average Bonchev–Trinajstić information content (AvgIpc) is 3.45. The number of carbonyl (C=O) groups is 1. The lowest BCUT2D eigenvalue weighted by atomic mass is 10.1. The third-order valence-electron chi connectivity index (χ3n) is 4.63. The van der Waals surface area contributed by atoms with Crippen LogP contribution in [0.2, 0.25) is 0 Å². The van der Waals surface area contributed by atoms with Gasteiger partial charge in [0.1, 0.15) is 33.1 Å². The van der Waals surface area contributed by atoms with Crippen molar-refractivity contribution in [3.05, 3.63) is 60.0 Å². The first-order valence-corrected chi connectivity index (χ1v) is 9.82. The van der Waals surface area contributed by atoms with Crippen LogP contribution in [0.4, 0.5) is 5.82 Å². The zero-order valence-electron chi connectivity index (χ0n) is 16.0. The van der Waals surface area contributed by atoms with Crippen LogP contribution in [0.5, 0.6) is 0 Å². The number of hydrogen-bond donors (Lipinski definition) is 1. The Morgan fingerprint density at radius 1 is 1.17 bits per heavy atom. The Kier molecular flexibility index (Phi) is 4.14. The summed E-state index contributed by atoms with van der Waals surface area (Å²) in [5.74, 6) is 0.755. The molecule has 2 N–H and O–H groups in total. The standard InChI is InChI=1S/C20H15N7O2S/c1-10-8-12(26-29-10)16(28)18-24-13(11-6-4-3-5-7-11)15(27(18)2)20-25-14-17(21)22-9-23-19(14)30-20/h3-9H,1-2H3,(H2,21,22,23). The molecule has 1 aromatic carbocycles. The first-order valence-electron chi connectivity index (χ1n) is 9.00. The zero-order chi connectivity index (χ0) is 20.8. The Bertz CT molecular complexity index is 1400. The van der Waals surface area contributed by atoms with E-state index < -0.39 is 0 Å². The predicted octanol–water partition coefficient (Wildman–Crippen LogP) is 3.26. The molecule has 10 heteroatoms. The number of nitrogens with zero attached hydrogens (tertiary/aromatic N) is 6. The molecule has 0 fully saturated rings. The van der Waals surface area contributed by atoms with Crippen molar-refractivity contribution in [1.29, 1.82) is 0 Å². The first-order chi connectivity index (χ1) is 14.5. The first kappa shape index (κ1) is 18.1. The third-order valence-corrected chi connectivity index (χ3v) is 5.60.